The van der Waals surface area contributed by atoms with Gasteiger partial charge in [0.1, 0.15) is 12.2 Å². The largest absolute Gasteiger partial charge is 0.477 e. The van der Waals surface area contributed by atoms with Gasteiger partial charge in [0.25, 0.3) is 0 Å². The van der Waals surface area contributed by atoms with Gasteiger partial charge in [0.05, 0.1) is 18.0 Å². The van der Waals surface area contributed by atoms with Gasteiger partial charge in [0.2, 0.25) is 17.7 Å². The van der Waals surface area contributed by atoms with Crippen molar-refractivity contribution in [1.29, 1.82) is 0 Å². The van der Waals surface area contributed by atoms with Gasteiger partial charge in [-0.3, -0.25) is 14.4 Å². The van der Waals surface area contributed by atoms with Crippen LogP contribution in [0.2, 0.25) is 0 Å². The minimum Gasteiger partial charge on any atom is -0.477 e. The number of β-lactam (4-membered cyclic amide) rings is 1. The summed E-state index contributed by atoms with van der Waals surface area (Å²) >= 11 is 1.43. The molecule has 0 saturated carbocycles. The number of carbonyl (C=O) groups excluding carboxylic acids is 3. The molecule has 1 aromatic rings. The Balaban J connectivity index is 1.44. The fourth-order valence-corrected chi connectivity index (χ4v) is 6.43. The second kappa shape index (κ2) is 9.33. The highest BCUT2D eigenvalue weighted by Gasteiger charge is 2.60. The Kier molecular flexibility index (Phi) is 6.62. The van der Waals surface area contributed by atoms with Crippen LogP contribution in [-0.2, 0) is 25.7 Å². The van der Waals surface area contributed by atoms with Crippen LogP contribution in [0.3, 0.4) is 0 Å². The number of fused-ring (bicyclic) bond motifs is 1. The monoisotopic (exact) mass is 492 g/mol. The van der Waals surface area contributed by atoms with Crippen LogP contribution in [0.1, 0.15) is 20.3 Å². The molecule has 13 nitrogen and oxygen atoms in total. The van der Waals surface area contributed by atoms with Gasteiger partial charge >= 0.3 is 5.97 Å². The van der Waals surface area contributed by atoms with Crippen LogP contribution in [0.5, 0.6) is 0 Å². The number of carbonyl (C=O) groups is 4. The Hall–Kier alpha value is -3.00. The molecule has 14 heteroatoms. The maximum absolute atomic E-state index is 13.0. The Labute approximate surface area is 200 Å². The van der Waals surface area contributed by atoms with E-state index in [1.165, 1.54) is 27.9 Å². The van der Waals surface area contributed by atoms with Gasteiger partial charge in [-0.1, -0.05) is 6.92 Å². The van der Waals surface area contributed by atoms with E-state index in [2.05, 4.69) is 26.0 Å². The van der Waals surface area contributed by atoms with Crippen LogP contribution >= 0.6 is 11.8 Å². The van der Waals surface area contributed by atoms with Crippen molar-refractivity contribution in [3.05, 3.63) is 16.9 Å². The van der Waals surface area contributed by atoms with Crippen molar-refractivity contribution in [2.75, 3.05) is 20.6 Å². The average Bonchev–Trinajstić information content (AvgIpc) is 3.48. The van der Waals surface area contributed by atoms with Crippen LogP contribution in [0.15, 0.2) is 16.9 Å². The lowest BCUT2D eigenvalue weighted by atomic mass is 9.78. The zero-order valence-corrected chi connectivity index (χ0v) is 20.2. The lowest BCUT2D eigenvalue weighted by Crippen LogP contribution is -2.66. The molecule has 0 aromatic carbocycles. The van der Waals surface area contributed by atoms with E-state index in [-0.39, 0.29) is 53.2 Å². The van der Waals surface area contributed by atoms with Crippen molar-refractivity contribution in [1.82, 2.24) is 40.6 Å². The number of thioether (sulfide) groups is 1. The molecule has 1 aromatic heterocycles. The molecule has 34 heavy (non-hydrogen) atoms. The highest BCUT2D eigenvalue weighted by Crippen LogP contribution is 2.51. The number of hydrogen-bond donors (Lipinski definition) is 3. The molecule has 0 spiro atoms. The number of likely N-dealkylation sites (N-methyl/N-ethyl adjacent to an activating group) is 1. The summed E-state index contributed by atoms with van der Waals surface area (Å²) in [4.78, 5) is 54.4. The molecule has 3 aliphatic rings. The predicted molar refractivity (Wildman–Crippen MR) is 120 cm³/mol. The molecule has 0 radical (unpaired) electrons. The first-order chi connectivity index (χ1) is 16.1. The molecule has 3 N–H and O–H groups in total. The summed E-state index contributed by atoms with van der Waals surface area (Å²) in [7, 11) is 3.40. The average molecular weight is 493 g/mol. The maximum Gasteiger partial charge on any atom is 0.353 e. The predicted octanol–water partition coefficient (Wildman–Crippen LogP) is -1.50. The van der Waals surface area contributed by atoms with Crippen molar-refractivity contribution in [3.8, 4) is 0 Å². The van der Waals surface area contributed by atoms with Gasteiger partial charge < -0.3 is 25.5 Å². The first-order valence-corrected chi connectivity index (χ1v) is 11.9. The number of amides is 3. The molecule has 0 bridgehead atoms. The van der Waals surface area contributed by atoms with E-state index < -0.39 is 17.9 Å². The molecule has 4 rings (SSSR count). The molecule has 2 fully saturated rings. The van der Waals surface area contributed by atoms with E-state index >= 15 is 0 Å². The fraction of sp³-hybridized carbons (Fsp3) is 0.650. The zero-order chi connectivity index (χ0) is 24.7. The van der Waals surface area contributed by atoms with Crippen molar-refractivity contribution in [3.63, 3.8) is 0 Å². The van der Waals surface area contributed by atoms with E-state index in [1.54, 1.807) is 21.0 Å². The number of aromatic nitrogens is 4. The highest BCUT2D eigenvalue weighted by atomic mass is 32.2. The first-order valence-electron chi connectivity index (χ1n) is 11.0. The number of nitrogens with one attached hydrogen (secondary N) is 2. The van der Waals surface area contributed by atoms with Crippen LogP contribution in [0.4, 0.5) is 0 Å². The summed E-state index contributed by atoms with van der Waals surface area (Å²) in [5, 5.41) is 26.9. The molecule has 184 valence electrons. The Morgan fingerprint density at radius 1 is 1.38 bits per heavy atom. The fourth-order valence-electron chi connectivity index (χ4n) is 4.95. The molecule has 2 saturated heterocycles. The quantitative estimate of drug-likeness (QED) is 0.364. The third-order valence-corrected chi connectivity index (χ3v) is 8.03. The molecule has 3 amide bonds. The van der Waals surface area contributed by atoms with E-state index in [0.29, 0.717) is 17.9 Å². The number of tetrazole rings is 1. The van der Waals surface area contributed by atoms with Gasteiger partial charge in [0.15, 0.2) is 6.33 Å². The lowest BCUT2D eigenvalue weighted by molar-refractivity contribution is -0.158. The molecular formula is C20H28N8O5S. The summed E-state index contributed by atoms with van der Waals surface area (Å²) in [5.41, 5.74) is 0.0106. The Bertz CT molecular complexity index is 1030. The topological polar surface area (TPSA) is 163 Å². The van der Waals surface area contributed by atoms with Crippen molar-refractivity contribution >= 4 is 35.5 Å². The molecule has 3 aliphatic heterocycles. The van der Waals surface area contributed by atoms with Gasteiger partial charge in [-0.05, 0) is 18.6 Å². The van der Waals surface area contributed by atoms with Gasteiger partial charge in [-0.2, -0.15) is 4.80 Å². The number of aliphatic carboxylic acids is 1. The Morgan fingerprint density at radius 3 is 2.74 bits per heavy atom. The van der Waals surface area contributed by atoms with Crippen LogP contribution < -0.4 is 10.6 Å². The second-order valence-electron chi connectivity index (χ2n) is 9.02. The van der Waals surface area contributed by atoms with E-state index in [9.17, 15) is 24.3 Å². The maximum atomic E-state index is 13.0. The van der Waals surface area contributed by atoms with Gasteiger partial charge in [-0.25, -0.2) is 4.79 Å². The van der Waals surface area contributed by atoms with Gasteiger partial charge in [0, 0.05) is 42.8 Å². The summed E-state index contributed by atoms with van der Waals surface area (Å²) in [5.74, 6) is -2.60. The normalized spacial score (nSPS) is 29.0. The lowest BCUT2D eigenvalue weighted by Gasteiger charge is -2.47. The smallest absolute Gasteiger partial charge is 0.353 e. The van der Waals surface area contributed by atoms with E-state index in [4.69, 9.17) is 0 Å². The van der Waals surface area contributed by atoms with Crippen molar-refractivity contribution in [2.24, 2.45) is 11.8 Å². The number of rotatable bonds is 8. The zero-order valence-electron chi connectivity index (χ0n) is 19.3. The number of carboxylic acid groups (broad SMARTS) is 1. The first kappa shape index (κ1) is 24.1. The van der Waals surface area contributed by atoms with E-state index in [1.807, 2.05) is 6.92 Å². The standard InChI is InChI=1S/C20H28N8O5S/c1-9-15-14(10(2)24-13(29)7-27-23-8-22-25-27)19(31)28(15)16(20(32)33)17(9)34-11-5-12(21-6-11)18(30)26(3)4/h8-12,14-15,21H,5-7H2,1-4H3,(H,24,29)(H,32,33)/t9-,10-,11+,12+,14-,15-/m1/s1. The number of nitrogens with zero attached hydrogens (tertiary/aromatic N) is 6. The summed E-state index contributed by atoms with van der Waals surface area (Å²) in [6, 6.07) is -1.16. The summed E-state index contributed by atoms with van der Waals surface area (Å²) in [6.07, 6.45) is 1.80. The SMILES string of the molecule is C[C@@H](NC(=O)Cn1ncnn1)[C@H]1C(=O)N2C(C(=O)O)=C(S[C@@H]3CN[C@H](C(=O)N(C)C)C3)[C@H](C)[C@H]12. The Morgan fingerprint density at radius 2 is 2.12 bits per heavy atom. The minimum atomic E-state index is -1.15. The van der Waals surface area contributed by atoms with Crippen LogP contribution in [0.25, 0.3) is 0 Å². The molecule has 0 unspecified atom stereocenters. The summed E-state index contributed by atoms with van der Waals surface area (Å²) in [6.45, 7) is 4.09. The van der Waals surface area contributed by atoms with E-state index in [0.717, 1.165) is 4.80 Å². The molecule has 4 heterocycles. The number of hydrogen-bond acceptors (Lipinski definition) is 9. The molecular weight excluding hydrogens is 464 g/mol. The van der Waals surface area contributed by atoms with Crippen LogP contribution in [-0.4, -0.2) is 103 Å². The highest BCUT2D eigenvalue weighted by molar-refractivity contribution is 8.03. The number of carboxylic acids is 1. The minimum absolute atomic E-state index is 0.0106. The van der Waals surface area contributed by atoms with Crippen molar-refractivity contribution < 1.29 is 24.3 Å². The second-order valence-corrected chi connectivity index (χ2v) is 10.4. The molecule has 6 atom stereocenters. The van der Waals surface area contributed by atoms with Crippen molar-refractivity contribution in [2.45, 2.75) is 50.2 Å². The van der Waals surface area contributed by atoms with Gasteiger partial charge in [-0.15, -0.1) is 22.0 Å². The van der Waals surface area contributed by atoms with Crippen LogP contribution in [0, 0.1) is 11.8 Å². The third-order valence-electron chi connectivity index (χ3n) is 6.52. The molecule has 0 aliphatic carbocycles. The summed E-state index contributed by atoms with van der Waals surface area (Å²) < 4.78 is 0. The third kappa shape index (κ3) is 4.27.